The van der Waals surface area contributed by atoms with Gasteiger partial charge in [0.2, 0.25) is 11.9 Å². The Morgan fingerprint density at radius 2 is 1.97 bits per heavy atom. The van der Waals surface area contributed by atoms with Crippen LogP contribution in [0.25, 0.3) is 16.0 Å². The van der Waals surface area contributed by atoms with Crippen LogP contribution in [0, 0.1) is 12.8 Å². The lowest BCUT2D eigenvalue weighted by molar-refractivity contribution is 0.247. The molecule has 1 saturated heterocycles. The average molecular weight is 463 g/mol. The van der Waals surface area contributed by atoms with Crippen LogP contribution in [0.2, 0.25) is 0 Å². The molecule has 0 atom stereocenters. The summed E-state index contributed by atoms with van der Waals surface area (Å²) in [6.07, 6.45) is 6.16. The molecule has 0 radical (unpaired) electrons. The van der Waals surface area contributed by atoms with Gasteiger partial charge in [-0.1, -0.05) is 0 Å². The minimum Gasteiger partial charge on any atom is -0.368 e. The highest BCUT2D eigenvalue weighted by Crippen LogP contribution is 2.31. The molecule has 2 aliphatic rings. The molecule has 33 heavy (non-hydrogen) atoms. The van der Waals surface area contributed by atoms with Crippen molar-refractivity contribution in [3.8, 4) is 5.82 Å². The number of nitrogens with one attached hydrogen (secondary N) is 1. The van der Waals surface area contributed by atoms with E-state index >= 15 is 0 Å². The van der Waals surface area contributed by atoms with E-state index in [4.69, 9.17) is 5.73 Å². The predicted octanol–water partition coefficient (Wildman–Crippen LogP) is 2.83. The van der Waals surface area contributed by atoms with E-state index in [1.807, 2.05) is 25.3 Å². The SMILES string of the molecule is Cc1csc2c(-n3nc(Nc4ccc(N5CCN(CC6CC6)CC5)nc4)nc3N)ncnc12. The van der Waals surface area contributed by atoms with Crippen molar-refractivity contribution in [3.63, 3.8) is 0 Å². The summed E-state index contributed by atoms with van der Waals surface area (Å²) in [4.78, 5) is 22.7. The van der Waals surface area contributed by atoms with Gasteiger partial charge in [0.1, 0.15) is 12.1 Å². The molecule has 0 aromatic carbocycles. The zero-order valence-corrected chi connectivity index (χ0v) is 19.3. The zero-order chi connectivity index (χ0) is 22.4. The third-order valence-corrected chi connectivity index (χ3v) is 7.34. The van der Waals surface area contributed by atoms with Gasteiger partial charge in [-0.3, -0.25) is 4.90 Å². The second-order valence-corrected chi connectivity index (χ2v) is 9.64. The van der Waals surface area contributed by atoms with Crippen molar-refractivity contribution in [1.29, 1.82) is 0 Å². The molecule has 5 heterocycles. The number of rotatable bonds is 6. The molecular formula is C22H26N10S. The molecule has 10 nitrogen and oxygen atoms in total. The van der Waals surface area contributed by atoms with Crippen molar-refractivity contribution in [3.05, 3.63) is 35.6 Å². The Kier molecular flexibility index (Phi) is 5.07. The van der Waals surface area contributed by atoms with Gasteiger partial charge >= 0.3 is 0 Å². The number of nitrogens with two attached hydrogens (primary N) is 1. The van der Waals surface area contributed by atoms with E-state index in [0.717, 1.165) is 59.4 Å². The van der Waals surface area contributed by atoms with E-state index in [1.165, 1.54) is 25.7 Å². The normalized spacial score (nSPS) is 17.1. The molecule has 6 rings (SSSR count). The first-order valence-corrected chi connectivity index (χ1v) is 12.1. The lowest BCUT2D eigenvalue weighted by atomic mass is 10.2. The van der Waals surface area contributed by atoms with Gasteiger partial charge in [-0.05, 0) is 48.8 Å². The molecule has 0 spiro atoms. The molecule has 1 aliphatic heterocycles. The van der Waals surface area contributed by atoms with E-state index in [1.54, 1.807) is 16.0 Å². The number of aryl methyl sites for hydroxylation is 1. The van der Waals surface area contributed by atoms with Crippen LogP contribution in [0.15, 0.2) is 30.0 Å². The number of thiophene rings is 1. The second-order valence-electron chi connectivity index (χ2n) is 8.76. The van der Waals surface area contributed by atoms with E-state index in [2.05, 4.69) is 45.5 Å². The first kappa shape index (κ1) is 20.3. The fraction of sp³-hybridized carbons (Fsp3) is 0.409. The Labute approximate surface area is 195 Å². The maximum atomic E-state index is 6.16. The van der Waals surface area contributed by atoms with Gasteiger partial charge in [-0.2, -0.15) is 9.67 Å². The third-order valence-electron chi connectivity index (χ3n) is 6.26. The van der Waals surface area contributed by atoms with Crippen molar-refractivity contribution >= 4 is 45.0 Å². The summed E-state index contributed by atoms with van der Waals surface area (Å²) in [6, 6.07) is 4.04. The lowest BCUT2D eigenvalue weighted by Crippen LogP contribution is -2.47. The summed E-state index contributed by atoms with van der Waals surface area (Å²) >= 11 is 1.57. The van der Waals surface area contributed by atoms with E-state index < -0.39 is 0 Å². The van der Waals surface area contributed by atoms with Crippen molar-refractivity contribution < 1.29 is 0 Å². The van der Waals surface area contributed by atoms with Crippen molar-refractivity contribution in [2.75, 3.05) is 48.7 Å². The van der Waals surface area contributed by atoms with Crippen molar-refractivity contribution in [2.45, 2.75) is 19.8 Å². The largest absolute Gasteiger partial charge is 0.368 e. The molecule has 11 heteroatoms. The third kappa shape index (κ3) is 4.09. The monoisotopic (exact) mass is 462 g/mol. The first-order valence-electron chi connectivity index (χ1n) is 11.3. The lowest BCUT2D eigenvalue weighted by Gasteiger charge is -2.35. The predicted molar refractivity (Wildman–Crippen MR) is 130 cm³/mol. The van der Waals surface area contributed by atoms with Crippen LogP contribution < -0.4 is 16.0 Å². The number of aromatic nitrogens is 6. The quantitative estimate of drug-likeness (QED) is 0.446. The number of nitrogens with zero attached hydrogens (tertiary/aromatic N) is 8. The Hall–Kier alpha value is -3.31. The topological polar surface area (TPSA) is 114 Å². The van der Waals surface area contributed by atoms with Crippen molar-refractivity contribution in [1.82, 2.24) is 34.6 Å². The van der Waals surface area contributed by atoms with Crippen LogP contribution in [-0.2, 0) is 0 Å². The summed E-state index contributed by atoms with van der Waals surface area (Å²) in [5, 5.41) is 9.78. The molecule has 0 amide bonds. The minimum absolute atomic E-state index is 0.261. The molecule has 4 aromatic heterocycles. The van der Waals surface area contributed by atoms with Crippen molar-refractivity contribution in [2.24, 2.45) is 5.92 Å². The van der Waals surface area contributed by atoms with E-state index in [9.17, 15) is 0 Å². The first-order chi connectivity index (χ1) is 16.1. The minimum atomic E-state index is 0.261. The highest BCUT2D eigenvalue weighted by molar-refractivity contribution is 7.17. The van der Waals surface area contributed by atoms with Gasteiger partial charge in [-0.15, -0.1) is 16.4 Å². The molecule has 0 unspecified atom stereocenters. The molecule has 3 N–H and O–H groups in total. The number of piperazine rings is 1. The molecule has 1 aliphatic carbocycles. The summed E-state index contributed by atoms with van der Waals surface area (Å²) in [7, 11) is 0. The smallest absolute Gasteiger partial charge is 0.248 e. The summed E-state index contributed by atoms with van der Waals surface area (Å²) in [5.74, 6) is 3.24. The molecule has 1 saturated carbocycles. The second kappa shape index (κ2) is 8.23. The molecule has 2 fully saturated rings. The van der Waals surface area contributed by atoms with Gasteiger partial charge < -0.3 is 16.0 Å². The average Bonchev–Trinajstić information content (AvgIpc) is 3.46. The Morgan fingerprint density at radius 1 is 1.12 bits per heavy atom. The summed E-state index contributed by atoms with van der Waals surface area (Å²) in [6.45, 7) is 7.55. The zero-order valence-electron chi connectivity index (χ0n) is 18.5. The molecule has 4 aromatic rings. The summed E-state index contributed by atoms with van der Waals surface area (Å²) < 4.78 is 2.48. The van der Waals surface area contributed by atoms with Crippen LogP contribution in [0.3, 0.4) is 0 Å². The fourth-order valence-electron chi connectivity index (χ4n) is 4.24. The maximum absolute atomic E-state index is 6.16. The van der Waals surface area contributed by atoms with Crippen LogP contribution >= 0.6 is 11.3 Å². The fourth-order valence-corrected chi connectivity index (χ4v) is 5.22. The van der Waals surface area contributed by atoms with Gasteiger partial charge in [0.15, 0.2) is 5.82 Å². The Morgan fingerprint density at radius 3 is 2.73 bits per heavy atom. The maximum Gasteiger partial charge on any atom is 0.248 e. The van der Waals surface area contributed by atoms with Gasteiger partial charge in [0.05, 0.1) is 22.1 Å². The van der Waals surface area contributed by atoms with Crippen LogP contribution in [0.1, 0.15) is 18.4 Å². The Bertz CT molecular complexity index is 1270. The van der Waals surface area contributed by atoms with Crippen LogP contribution in [0.4, 0.5) is 23.4 Å². The molecule has 0 bridgehead atoms. The standard InChI is InChI=1S/C22H26N10S/c1-14-12-33-19-18(14)25-13-26-20(19)32-21(23)28-22(29-32)27-16-4-5-17(24-10-16)31-8-6-30(7-9-31)11-15-2-3-15/h4-5,10,12-13,15H,2-3,6-9,11H2,1H3,(H3,23,27,28,29). The van der Waals surface area contributed by atoms with E-state index in [-0.39, 0.29) is 5.95 Å². The molecular weight excluding hydrogens is 436 g/mol. The highest BCUT2D eigenvalue weighted by atomic mass is 32.1. The van der Waals surface area contributed by atoms with Crippen LogP contribution in [0.5, 0.6) is 0 Å². The van der Waals surface area contributed by atoms with E-state index in [0.29, 0.717) is 11.8 Å². The van der Waals surface area contributed by atoms with Gasteiger partial charge in [-0.25, -0.2) is 15.0 Å². The number of hydrogen-bond acceptors (Lipinski definition) is 10. The van der Waals surface area contributed by atoms with Gasteiger partial charge in [0.25, 0.3) is 0 Å². The number of anilines is 4. The molecule has 170 valence electrons. The Balaban J connectivity index is 1.14. The van der Waals surface area contributed by atoms with Gasteiger partial charge in [0, 0.05) is 32.7 Å². The number of nitrogen functional groups attached to an aromatic ring is 1. The number of hydrogen-bond donors (Lipinski definition) is 2. The summed E-state index contributed by atoms with van der Waals surface area (Å²) in [5.41, 5.74) is 8.98. The highest BCUT2D eigenvalue weighted by Gasteiger charge is 2.26. The number of fused-ring (bicyclic) bond motifs is 1. The number of pyridine rings is 1. The van der Waals surface area contributed by atoms with Crippen LogP contribution in [-0.4, -0.2) is 67.3 Å².